The van der Waals surface area contributed by atoms with Crippen LogP contribution >= 0.6 is 0 Å². The molecule has 0 aromatic heterocycles. The minimum Gasteiger partial charge on any atom is -0.376 e. The van der Waals surface area contributed by atoms with Crippen LogP contribution in [0.1, 0.15) is 46.3 Å². The van der Waals surface area contributed by atoms with E-state index in [1.165, 1.54) is 12.1 Å². The van der Waals surface area contributed by atoms with E-state index in [9.17, 15) is 4.39 Å². The van der Waals surface area contributed by atoms with Crippen LogP contribution in [0.25, 0.3) is 0 Å². The van der Waals surface area contributed by atoms with Crippen molar-refractivity contribution in [1.82, 2.24) is 5.32 Å². The Hall–Kier alpha value is -0.970. The minimum absolute atomic E-state index is 0.00999. The predicted molar refractivity (Wildman–Crippen MR) is 83.9 cm³/mol. The van der Waals surface area contributed by atoms with E-state index in [2.05, 4.69) is 26.1 Å². The van der Waals surface area contributed by atoms with E-state index < -0.39 is 0 Å². The summed E-state index contributed by atoms with van der Waals surface area (Å²) in [5, 5.41) is 3.43. The van der Waals surface area contributed by atoms with Gasteiger partial charge >= 0.3 is 0 Å². The van der Waals surface area contributed by atoms with Crippen LogP contribution in [0.2, 0.25) is 0 Å². The van der Waals surface area contributed by atoms with E-state index in [4.69, 9.17) is 9.47 Å². The molecule has 3 nitrogen and oxygen atoms in total. The number of nitrogens with one attached hydrogen (secondary N) is 1. The average Bonchev–Trinajstić information content (AvgIpc) is 2.38. The van der Waals surface area contributed by atoms with Gasteiger partial charge in [-0.05, 0) is 52.3 Å². The zero-order chi connectivity index (χ0) is 15.9. The third kappa shape index (κ3) is 8.15. The van der Waals surface area contributed by atoms with E-state index in [0.717, 1.165) is 5.56 Å². The highest BCUT2D eigenvalue weighted by atomic mass is 19.1. The van der Waals surface area contributed by atoms with Gasteiger partial charge in [-0.3, -0.25) is 0 Å². The number of ether oxygens (including phenoxy) is 2. The van der Waals surface area contributed by atoms with Gasteiger partial charge in [0, 0.05) is 12.1 Å². The number of halogens is 1. The Morgan fingerprint density at radius 2 is 1.62 bits per heavy atom. The maximum atomic E-state index is 13.0. The number of rotatable bonds is 8. The molecule has 0 aliphatic rings. The SMILES string of the molecule is CC(C)OCCOC(CNC(C)(C)C)c1ccc(F)cc1. The Morgan fingerprint density at radius 3 is 2.14 bits per heavy atom. The van der Waals surface area contributed by atoms with Crippen LogP contribution in [0.4, 0.5) is 4.39 Å². The molecule has 0 amide bonds. The summed E-state index contributed by atoms with van der Waals surface area (Å²) < 4.78 is 24.4. The van der Waals surface area contributed by atoms with Crippen molar-refractivity contribution in [3.63, 3.8) is 0 Å². The van der Waals surface area contributed by atoms with Gasteiger partial charge in [0.1, 0.15) is 5.82 Å². The molecule has 1 atom stereocenters. The van der Waals surface area contributed by atoms with Gasteiger partial charge in [-0.1, -0.05) is 12.1 Å². The highest BCUT2D eigenvalue weighted by molar-refractivity contribution is 5.19. The van der Waals surface area contributed by atoms with Crippen molar-refractivity contribution in [3.05, 3.63) is 35.6 Å². The smallest absolute Gasteiger partial charge is 0.123 e. The maximum absolute atomic E-state index is 13.0. The van der Waals surface area contributed by atoms with Crippen molar-refractivity contribution >= 4 is 0 Å². The molecule has 0 radical (unpaired) electrons. The highest BCUT2D eigenvalue weighted by Crippen LogP contribution is 2.18. The van der Waals surface area contributed by atoms with Crippen molar-refractivity contribution in [1.29, 1.82) is 0 Å². The zero-order valence-corrected chi connectivity index (χ0v) is 13.8. The molecule has 0 saturated heterocycles. The molecule has 0 bridgehead atoms. The summed E-state index contributed by atoms with van der Waals surface area (Å²) in [6.45, 7) is 12.1. The molecule has 120 valence electrons. The van der Waals surface area contributed by atoms with Crippen LogP contribution in [0.3, 0.4) is 0 Å². The highest BCUT2D eigenvalue weighted by Gasteiger charge is 2.16. The van der Waals surface area contributed by atoms with Gasteiger partial charge in [0.05, 0.1) is 25.4 Å². The summed E-state index contributed by atoms with van der Waals surface area (Å²) in [5.74, 6) is -0.232. The molecule has 0 heterocycles. The third-order valence-corrected chi connectivity index (χ3v) is 2.91. The van der Waals surface area contributed by atoms with Gasteiger partial charge in [-0.2, -0.15) is 0 Å². The topological polar surface area (TPSA) is 30.5 Å². The lowest BCUT2D eigenvalue weighted by molar-refractivity contribution is -0.0146. The predicted octanol–water partition coefficient (Wildman–Crippen LogP) is 3.70. The van der Waals surface area contributed by atoms with Crippen molar-refractivity contribution in [3.8, 4) is 0 Å². The summed E-state index contributed by atoms with van der Waals surface area (Å²) >= 11 is 0. The van der Waals surface area contributed by atoms with E-state index in [-0.39, 0.29) is 23.6 Å². The van der Waals surface area contributed by atoms with Crippen molar-refractivity contribution in [2.45, 2.75) is 52.4 Å². The molecule has 1 N–H and O–H groups in total. The van der Waals surface area contributed by atoms with Gasteiger partial charge < -0.3 is 14.8 Å². The summed E-state index contributed by atoms with van der Waals surface area (Å²) in [6, 6.07) is 6.47. The molecule has 0 saturated carbocycles. The second-order valence-corrected chi connectivity index (χ2v) is 6.46. The largest absolute Gasteiger partial charge is 0.376 e. The summed E-state index contributed by atoms with van der Waals surface area (Å²) in [7, 11) is 0. The van der Waals surface area contributed by atoms with Crippen molar-refractivity contribution in [2.24, 2.45) is 0 Å². The Bertz CT molecular complexity index is 398. The first-order chi connectivity index (χ1) is 9.78. The fourth-order valence-electron chi connectivity index (χ4n) is 1.82. The quantitative estimate of drug-likeness (QED) is 0.742. The van der Waals surface area contributed by atoms with Crippen LogP contribution in [-0.2, 0) is 9.47 Å². The molecule has 0 aliphatic heterocycles. The Morgan fingerprint density at radius 1 is 1.05 bits per heavy atom. The van der Waals surface area contributed by atoms with Gasteiger partial charge in [0.25, 0.3) is 0 Å². The maximum Gasteiger partial charge on any atom is 0.123 e. The number of benzene rings is 1. The van der Waals surface area contributed by atoms with Gasteiger partial charge in [-0.25, -0.2) is 4.39 Å². The van der Waals surface area contributed by atoms with Crippen LogP contribution in [0, 0.1) is 5.82 Å². The van der Waals surface area contributed by atoms with Crippen LogP contribution in [0.5, 0.6) is 0 Å². The Balaban J connectivity index is 2.59. The molecule has 0 aliphatic carbocycles. The molecule has 1 aromatic carbocycles. The second kappa shape index (κ2) is 8.47. The van der Waals surface area contributed by atoms with Crippen LogP contribution < -0.4 is 5.32 Å². The Labute approximate surface area is 127 Å². The molecular weight excluding hydrogens is 269 g/mol. The first kappa shape index (κ1) is 18.1. The van der Waals surface area contributed by atoms with Crippen LogP contribution in [0.15, 0.2) is 24.3 Å². The fraction of sp³-hybridized carbons (Fsp3) is 0.647. The average molecular weight is 297 g/mol. The van der Waals surface area contributed by atoms with E-state index in [1.807, 2.05) is 13.8 Å². The van der Waals surface area contributed by atoms with E-state index >= 15 is 0 Å². The molecule has 0 spiro atoms. The van der Waals surface area contributed by atoms with Gasteiger partial charge in [0.2, 0.25) is 0 Å². The lowest BCUT2D eigenvalue weighted by Crippen LogP contribution is -2.39. The number of hydrogen-bond acceptors (Lipinski definition) is 3. The van der Waals surface area contributed by atoms with E-state index in [1.54, 1.807) is 12.1 Å². The van der Waals surface area contributed by atoms with Crippen molar-refractivity contribution in [2.75, 3.05) is 19.8 Å². The van der Waals surface area contributed by atoms with E-state index in [0.29, 0.717) is 19.8 Å². The monoisotopic (exact) mass is 297 g/mol. The zero-order valence-electron chi connectivity index (χ0n) is 13.8. The first-order valence-corrected chi connectivity index (χ1v) is 7.51. The first-order valence-electron chi connectivity index (χ1n) is 7.51. The van der Waals surface area contributed by atoms with Crippen molar-refractivity contribution < 1.29 is 13.9 Å². The molecule has 1 rings (SSSR count). The lowest BCUT2D eigenvalue weighted by atomic mass is 10.1. The molecule has 1 unspecified atom stereocenters. The molecular formula is C17H28FNO2. The summed E-state index contributed by atoms with van der Waals surface area (Å²) in [5.41, 5.74) is 0.980. The lowest BCUT2D eigenvalue weighted by Gasteiger charge is -2.26. The van der Waals surface area contributed by atoms with Crippen LogP contribution in [-0.4, -0.2) is 31.4 Å². The minimum atomic E-state index is -0.232. The molecule has 0 fully saturated rings. The standard InChI is InChI=1S/C17H28FNO2/c1-13(2)20-10-11-21-16(12-19-17(3,4)5)14-6-8-15(18)9-7-14/h6-9,13,16,19H,10-12H2,1-5H3. The van der Waals surface area contributed by atoms with Gasteiger partial charge in [-0.15, -0.1) is 0 Å². The summed E-state index contributed by atoms with van der Waals surface area (Å²) in [6.07, 6.45) is 0.0890. The molecule has 4 heteroatoms. The second-order valence-electron chi connectivity index (χ2n) is 6.46. The summed E-state index contributed by atoms with van der Waals surface area (Å²) in [4.78, 5) is 0. The fourth-order valence-corrected chi connectivity index (χ4v) is 1.82. The molecule has 21 heavy (non-hydrogen) atoms. The Kier molecular flexibility index (Phi) is 7.29. The molecule has 1 aromatic rings. The normalized spacial score (nSPS) is 13.7. The number of hydrogen-bond donors (Lipinski definition) is 1. The third-order valence-electron chi connectivity index (χ3n) is 2.91. The van der Waals surface area contributed by atoms with Gasteiger partial charge in [0.15, 0.2) is 0 Å².